The minimum absolute atomic E-state index is 0.699. The molecule has 0 radical (unpaired) electrons. The molecular formula is C16H18ClN3. The molecule has 1 aliphatic carbocycles. The summed E-state index contributed by atoms with van der Waals surface area (Å²) >= 11 is 5.90. The average Bonchev–Trinajstić information content (AvgIpc) is 3.23. The van der Waals surface area contributed by atoms with Gasteiger partial charge in [0, 0.05) is 29.7 Å². The average molecular weight is 288 g/mol. The van der Waals surface area contributed by atoms with Gasteiger partial charge in [-0.15, -0.1) is 0 Å². The largest absolute Gasteiger partial charge is 0.308 e. The van der Waals surface area contributed by atoms with E-state index in [1.165, 1.54) is 18.4 Å². The van der Waals surface area contributed by atoms with Gasteiger partial charge in [0.25, 0.3) is 0 Å². The lowest BCUT2D eigenvalue weighted by Gasteiger charge is -2.07. The van der Waals surface area contributed by atoms with Crippen LogP contribution < -0.4 is 5.32 Å². The van der Waals surface area contributed by atoms with Gasteiger partial charge >= 0.3 is 0 Å². The second-order valence-corrected chi connectivity index (χ2v) is 5.81. The van der Waals surface area contributed by atoms with Crippen molar-refractivity contribution < 1.29 is 0 Å². The third-order valence-corrected chi connectivity index (χ3v) is 3.63. The highest BCUT2D eigenvalue weighted by Crippen LogP contribution is 2.19. The van der Waals surface area contributed by atoms with E-state index in [-0.39, 0.29) is 0 Å². The lowest BCUT2D eigenvalue weighted by Crippen LogP contribution is -2.17. The van der Waals surface area contributed by atoms with Gasteiger partial charge in [-0.2, -0.15) is 0 Å². The summed E-state index contributed by atoms with van der Waals surface area (Å²) in [6.45, 7) is 2.86. The number of rotatable bonds is 5. The van der Waals surface area contributed by atoms with Gasteiger partial charge in [-0.05, 0) is 43.5 Å². The molecule has 1 aromatic heterocycles. The van der Waals surface area contributed by atoms with Crippen LogP contribution in [0, 0.1) is 6.92 Å². The maximum absolute atomic E-state index is 5.90. The molecule has 1 N–H and O–H groups in total. The zero-order chi connectivity index (χ0) is 13.9. The maximum Gasteiger partial charge on any atom is 0.133 e. The van der Waals surface area contributed by atoms with Crippen LogP contribution in [0.4, 0.5) is 0 Å². The van der Waals surface area contributed by atoms with E-state index in [2.05, 4.69) is 21.4 Å². The Bertz CT molecular complexity index is 591. The minimum atomic E-state index is 0.699. The monoisotopic (exact) mass is 287 g/mol. The first kappa shape index (κ1) is 13.5. The minimum Gasteiger partial charge on any atom is -0.308 e. The van der Waals surface area contributed by atoms with Crippen LogP contribution >= 0.6 is 11.6 Å². The summed E-state index contributed by atoms with van der Waals surface area (Å²) in [6, 6.07) is 10.6. The zero-order valence-corrected chi connectivity index (χ0v) is 12.3. The smallest absolute Gasteiger partial charge is 0.133 e. The van der Waals surface area contributed by atoms with Gasteiger partial charge < -0.3 is 5.32 Å². The van der Waals surface area contributed by atoms with E-state index in [0.29, 0.717) is 6.04 Å². The highest BCUT2D eigenvalue weighted by molar-refractivity contribution is 6.30. The predicted molar refractivity (Wildman–Crippen MR) is 80.9 cm³/mol. The van der Waals surface area contributed by atoms with Gasteiger partial charge in [0.1, 0.15) is 5.82 Å². The topological polar surface area (TPSA) is 37.8 Å². The maximum atomic E-state index is 5.90. The van der Waals surface area contributed by atoms with Crippen LogP contribution in [-0.4, -0.2) is 16.0 Å². The van der Waals surface area contributed by atoms with E-state index in [9.17, 15) is 0 Å². The van der Waals surface area contributed by atoms with E-state index >= 15 is 0 Å². The van der Waals surface area contributed by atoms with E-state index in [1.807, 2.05) is 31.2 Å². The van der Waals surface area contributed by atoms with Crippen molar-refractivity contribution in [2.45, 2.75) is 38.8 Å². The van der Waals surface area contributed by atoms with Crippen molar-refractivity contribution in [3.05, 3.63) is 58.1 Å². The molecule has 0 aliphatic heterocycles. The summed E-state index contributed by atoms with van der Waals surface area (Å²) in [7, 11) is 0. The van der Waals surface area contributed by atoms with E-state index < -0.39 is 0 Å². The quantitative estimate of drug-likeness (QED) is 0.917. The first-order valence-electron chi connectivity index (χ1n) is 7.00. The van der Waals surface area contributed by atoms with Gasteiger partial charge in [0.2, 0.25) is 0 Å². The van der Waals surface area contributed by atoms with Crippen molar-refractivity contribution in [1.82, 2.24) is 15.3 Å². The summed E-state index contributed by atoms with van der Waals surface area (Å²) in [4.78, 5) is 9.17. The van der Waals surface area contributed by atoms with Crippen LogP contribution in [0.3, 0.4) is 0 Å². The van der Waals surface area contributed by atoms with Crippen molar-refractivity contribution in [3.63, 3.8) is 0 Å². The Kier molecular flexibility index (Phi) is 3.99. The zero-order valence-electron chi connectivity index (χ0n) is 11.6. The Labute approximate surface area is 124 Å². The molecule has 0 bridgehead atoms. The van der Waals surface area contributed by atoms with Gasteiger partial charge in [-0.3, -0.25) is 0 Å². The molecule has 4 heteroatoms. The molecule has 20 heavy (non-hydrogen) atoms. The third-order valence-electron chi connectivity index (χ3n) is 3.38. The highest BCUT2D eigenvalue weighted by atomic mass is 35.5. The Morgan fingerprint density at radius 3 is 2.65 bits per heavy atom. The highest BCUT2D eigenvalue weighted by Gasteiger charge is 2.20. The van der Waals surface area contributed by atoms with Crippen LogP contribution in [0.2, 0.25) is 5.02 Å². The van der Waals surface area contributed by atoms with Gasteiger partial charge in [-0.25, -0.2) is 9.97 Å². The summed E-state index contributed by atoms with van der Waals surface area (Å²) in [5.41, 5.74) is 3.28. The molecule has 0 saturated heterocycles. The van der Waals surface area contributed by atoms with Crippen molar-refractivity contribution in [1.29, 1.82) is 0 Å². The molecule has 3 nitrogen and oxygen atoms in total. The first-order valence-corrected chi connectivity index (χ1v) is 7.38. The molecule has 1 aromatic carbocycles. The van der Waals surface area contributed by atoms with Crippen molar-refractivity contribution in [3.8, 4) is 0 Å². The first-order chi connectivity index (χ1) is 9.69. The molecule has 1 fully saturated rings. The molecule has 0 spiro atoms. The Balaban J connectivity index is 1.72. The van der Waals surface area contributed by atoms with Crippen LogP contribution in [0.25, 0.3) is 0 Å². The number of hydrogen-bond acceptors (Lipinski definition) is 3. The second-order valence-electron chi connectivity index (χ2n) is 5.38. The fraction of sp³-hybridized carbons (Fsp3) is 0.375. The number of halogens is 1. The van der Waals surface area contributed by atoms with E-state index in [1.54, 1.807) is 0 Å². The summed E-state index contributed by atoms with van der Waals surface area (Å²) in [6.07, 6.45) is 3.33. The van der Waals surface area contributed by atoms with Crippen molar-refractivity contribution >= 4 is 11.6 Å². The van der Waals surface area contributed by atoms with Crippen LogP contribution in [0.1, 0.15) is 35.6 Å². The SMILES string of the molecule is Cc1cc(CNC2CC2)nc(Cc2ccc(Cl)cc2)n1. The predicted octanol–water partition coefficient (Wildman–Crippen LogP) is 3.28. The number of aromatic nitrogens is 2. The molecule has 0 unspecified atom stereocenters. The second kappa shape index (κ2) is 5.90. The van der Waals surface area contributed by atoms with Crippen molar-refractivity contribution in [2.75, 3.05) is 0 Å². The van der Waals surface area contributed by atoms with Crippen molar-refractivity contribution in [2.24, 2.45) is 0 Å². The molecular weight excluding hydrogens is 270 g/mol. The van der Waals surface area contributed by atoms with Crippen LogP contribution in [0.15, 0.2) is 30.3 Å². The van der Waals surface area contributed by atoms with E-state index in [0.717, 1.165) is 35.2 Å². The Morgan fingerprint density at radius 1 is 1.20 bits per heavy atom. The number of hydrogen-bond donors (Lipinski definition) is 1. The number of benzene rings is 1. The summed E-state index contributed by atoms with van der Waals surface area (Å²) in [5.74, 6) is 0.875. The molecule has 2 aromatic rings. The molecule has 1 saturated carbocycles. The van der Waals surface area contributed by atoms with Gasteiger partial charge in [0.15, 0.2) is 0 Å². The molecule has 0 atom stereocenters. The van der Waals surface area contributed by atoms with E-state index in [4.69, 9.17) is 11.6 Å². The Morgan fingerprint density at radius 2 is 1.95 bits per heavy atom. The number of aryl methyl sites for hydroxylation is 1. The summed E-state index contributed by atoms with van der Waals surface area (Å²) in [5, 5.41) is 4.25. The Hall–Kier alpha value is -1.45. The molecule has 1 aliphatic rings. The lowest BCUT2D eigenvalue weighted by atomic mass is 10.1. The third kappa shape index (κ3) is 3.78. The summed E-state index contributed by atoms with van der Waals surface area (Å²) < 4.78 is 0. The molecule has 104 valence electrons. The fourth-order valence-corrected chi connectivity index (χ4v) is 2.32. The molecule has 0 amide bonds. The molecule has 3 rings (SSSR count). The van der Waals surface area contributed by atoms with Crippen LogP contribution in [0.5, 0.6) is 0 Å². The lowest BCUT2D eigenvalue weighted by molar-refractivity contribution is 0.667. The van der Waals surface area contributed by atoms with Gasteiger partial charge in [0.05, 0.1) is 5.69 Å². The number of nitrogens with zero attached hydrogens (tertiary/aromatic N) is 2. The number of nitrogens with one attached hydrogen (secondary N) is 1. The van der Waals surface area contributed by atoms with Gasteiger partial charge in [-0.1, -0.05) is 23.7 Å². The van der Waals surface area contributed by atoms with Crippen LogP contribution in [-0.2, 0) is 13.0 Å². The fourth-order valence-electron chi connectivity index (χ4n) is 2.19. The standard InChI is InChI=1S/C16H18ClN3/c1-11-8-15(10-18-14-6-7-14)20-16(19-11)9-12-2-4-13(17)5-3-12/h2-5,8,14,18H,6-7,9-10H2,1H3. The molecule has 1 heterocycles. The normalized spacial score (nSPS) is 14.5.